The fraction of sp³-hybridized carbons (Fsp3) is 0.350. The number of carbonyl (C=O) groups excluding carboxylic acids is 3. The predicted molar refractivity (Wildman–Crippen MR) is 197 cm³/mol. The number of unbranched alkanes of at least 4 members (excludes halogenated alkanes) is 2. The van der Waals surface area contributed by atoms with Crippen LogP contribution in [-0.4, -0.2) is 92.7 Å². The molecule has 2 fully saturated rings. The lowest BCUT2D eigenvalue weighted by atomic mass is 10.1. The largest absolute Gasteiger partial charge is 0.493 e. The van der Waals surface area contributed by atoms with Crippen molar-refractivity contribution in [2.24, 2.45) is 4.99 Å². The summed E-state index contributed by atoms with van der Waals surface area (Å²) in [7, 11) is 3.04. The van der Waals surface area contributed by atoms with Gasteiger partial charge in [0.15, 0.2) is 23.0 Å². The lowest BCUT2D eigenvalue weighted by Gasteiger charge is -2.34. The summed E-state index contributed by atoms with van der Waals surface area (Å²) in [5.74, 6) is 1.20. The summed E-state index contributed by atoms with van der Waals surface area (Å²) < 4.78 is 34.9. The zero-order valence-corrected chi connectivity index (χ0v) is 29.8. The van der Waals surface area contributed by atoms with Crippen molar-refractivity contribution in [3.05, 3.63) is 89.5 Å². The molecule has 276 valence electrons. The van der Waals surface area contributed by atoms with Gasteiger partial charge < -0.3 is 44.0 Å². The number of nitrogens with zero attached hydrogens (tertiary/aromatic N) is 3. The average Bonchev–Trinajstić information content (AvgIpc) is 3.71. The number of ether oxygens (including phenoxy) is 6. The van der Waals surface area contributed by atoms with E-state index in [9.17, 15) is 14.4 Å². The van der Waals surface area contributed by atoms with E-state index in [1.807, 2.05) is 0 Å². The lowest BCUT2D eigenvalue weighted by Crippen LogP contribution is -2.48. The molecule has 3 aromatic rings. The average molecular weight is 723 g/mol. The van der Waals surface area contributed by atoms with Crippen LogP contribution in [0.4, 0.5) is 11.4 Å². The van der Waals surface area contributed by atoms with Gasteiger partial charge in [-0.25, -0.2) is 4.79 Å². The lowest BCUT2D eigenvalue weighted by molar-refractivity contribution is -0.0916. The number of anilines is 1. The smallest absolute Gasteiger partial charge is 0.345 e. The molecule has 3 aromatic carbocycles. The number of cyclic esters (lactones) is 1. The Morgan fingerprint density at radius 3 is 2.32 bits per heavy atom. The van der Waals surface area contributed by atoms with E-state index in [0.717, 1.165) is 30.4 Å². The molecule has 2 amide bonds. The van der Waals surface area contributed by atoms with Crippen molar-refractivity contribution in [2.45, 2.75) is 50.5 Å². The van der Waals surface area contributed by atoms with Gasteiger partial charge in [0, 0.05) is 37.1 Å². The van der Waals surface area contributed by atoms with Crippen LogP contribution >= 0.6 is 0 Å². The Bertz CT molecular complexity index is 2010. The second-order valence-corrected chi connectivity index (χ2v) is 13.4. The third-order valence-electron chi connectivity index (χ3n) is 9.76. The van der Waals surface area contributed by atoms with Crippen molar-refractivity contribution in [3.63, 3.8) is 0 Å². The van der Waals surface area contributed by atoms with E-state index >= 15 is 0 Å². The summed E-state index contributed by atoms with van der Waals surface area (Å²) in [6.07, 6.45) is 4.18. The van der Waals surface area contributed by atoms with Crippen molar-refractivity contribution in [1.29, 1.82) is 0 Å². The highest BCUT2D eigenvalue weighted by atomic mass is 16.7. The zero-order chi connectivity index (χ0) is 37.2. The number of amides is 2. The first kappa shape index (κ1) is 35.4. The zero-order valence-electron chi connectivity index (χ0n) is 29.8. The molecular formula is C40H42N4O9. The number of rotatable bonds is 12. The number of para-hydroxylation sites is 1. The van der Waals surface area contributed by atoms with Crippen LogP contribution in [0, 0.1) is 0 Å². The number of carbonyl (C=O) groups is 3. The number of hydrogen-bond donors (Lipinski definition) is 1. The van der Waals surface area contributed by atoms with E-state index in [1.54, 1.807) is 71.7 Å². The summed E-state index contributed by atoms with van der Waals surface area (Å²) >= 11 is 0. The number of nitrogen functional groups attached to an aromatic ring is 1. The molecule has 4 heterocycles. The fourth-order valence-corrected chi connectivity index (χ4v) is 7.05. The molecule has 0 spiro atoms. The Morgan fingerprint density at radius 2 is 1.57 bits per heavy atom. The van der Waals surface area contributed by atoms with E-state index in [0.29, 0.717) is 78.2 Å². The number of nitrogens with two attached hydrogens (primary N) is 1. The second kappa shape index (κ2) is 14.9. The number of fused-ring (bicyclic) bond motifs is 3. The molecule has 13 nitrogen and oxygen atoms in total. The molecule has 0 saturated carbocycles. The topological polar surface area (TPSA) is 151 Å². The molecular weight excluding hydrogens is 680 g/mol. The highest BCUT2D eigenvalue weighted by molar-refractivity contribution is 6.04. The maximum absolute atomic E-state index is 13.9. The minimum atomic E-state index is -0.999. The van der Waals surface area contributed by atoms with Crippen LogP contribution in [0.25, 0.3) is 0 Å². The third-order valence-corrected chi connectivity index (χ3v) is 9.76. The Kier molecular flexibility index (Phi) is 9.98. The summed E-state index contributed by atoms with van der Waals surface area (Å²) in [6, 6.07) is 12.7. The fourth-order valence-electron chi connectivity index (χ4n) is 7.05. The molecule has 4 aliphatic rings. The van der Waals surface area contributed by atoms with Gasteiger partial charge in [0.25, 0.3) is 18.1 Å². The number of benzene rings is 3. The Hall–Kier alpha value is -5.98. The number of hydrogen-bond acceptors (Lipinski definition) is 11. The maximum Gasteiger partial charge on any atom is 0.345 e. The highest BCUT2D eigenvalue weighted by Gasteiger charge is 2.43. The third kappa shape index (κ3) is 7.11. The van der Waals surface area contributed by atoms with E-state index in [-0.39, 0.29) is 35.7 Å². The Labute approximate surface area is 307 Å². The number of likely N-dealkylation sites (tertiary alicyclic amines) is 1. The molecule has 0 aromatic heterocycles. The first-order valence-corrected chi connectivity index (χ1v) is 17.6. The summed E-state index contributed by atoms with van der Waals surface area (Å²) in [5, 5.41) is 0. The minimum absolute atomic E-state index is 0.0915. The molecule has 4 aliphatic heterocycles. The second-order valence-electron chi connectivity index (χ2n) is 13.4. The number of aliphatic imine (C=N–C) groups is 1. The van der Waals surface area contributed by atoms with Crippen LogP contribution in [0.5, 0.6) is 28.7 Å². The van der Waals surface area contributed by atoms with Crippen LogP contribution < -0.4 is 29.4 Å². The van der Waals surface area contributed by atoms with Gasteiger partial charge in [0.1, 0.15) is 17.4 Å². The summed E-state index contributed by atoms with van der Waals surface area (Å²) in [4.78, 5) is 47.8. The van der Waals surface area contributed by atoms with Crippen LogP contribution in [0.1, 0.15) is 63.2 Å². The molecule has 7 rings (SSSR count). The normalized spacial score (nSPS) is 20.2. The van der Waals surface area contributed by atoms with Crippen LogP contribution in [0.3, 0.4) is 0 Å². The molecule has 0 aliphatic carbocycles. The van der Waals surface area contributed by atoms with Gasteiger partial charge in [-0.05, 0) is 56.4 Å². The van der Waals surface area contributed by atoms with Gasteiger partial charge in [-0.2, -0.15) is 0 Å². The van der Waals surface area contributed by atoms with Crippen molar-refractivity contribution >= 4 is 35.4 Å². The molecule has 2 N–H and O–H groups in total. The first-order chi connectivity index (χ1) is 25.6. The van der Waals surface area contributed by atoms with Crippen LogP contribution in [-0.2, 0) is 4.74 Å². The van der Waals surface area contributed by atoms with Crippen LogP contribution in [0.15, 0.2) is 77.8 Å². The molecule has 13 heteroatoms. The molecule has 0 bridgehead atoms. The van der Waals surface area contributed by atoms with Gasteiger partial charge in [-0.1, -0.05) is 36.4 Å². The Morgan fingerprint density at radius 1 is 0.868 bits per heavy atom. The van der Waals surface area contributed by atoms with Crippen LogP contribution in [0.2, 0.25) is 0 Å². The molecule has 3 atom stereocenters. The number of methoxy groups -OCH3 is 2. The van der Waals surface area contributed by atoms with Gasteiger partial charge in [-0.3, -0.25) is 14.6 Å². The number of esters is 1. The van der Waals surface area contributed by atoms with Crippen molar-refractivity contribution < 1.29 is 42.8 Å². The first-order valence-electron chi connectivity index (χ1n) is 17.6. The monoisotopic (exact) mass is 722 g/mol. The Balaban J connectivity index is 0.926. The van der Waals surface area contributed by atoms with Gasteiger partial charge in [0.05, 0.1) is 50.3 Å². The molecule has 53 heavy (non-hydrogen) atoms. The molecule has 1 unspecified atom stereocenters. The SMILES string of the molecule is C=C1C[C@H]2C=Nc3cc(OCCCCCOc4cc(N)c(C(=O)N5CC(=C)C[C@H]5C5OC(=O)c6ccccc6O5)cc4OC)c(OC)cc3C(=O)N2C1. The maximum atomic E-state index is 13.9. The van der Waals surface area contributed by atoms with E-state index in [1.165, 1.54) is 7.11 Å². The molecule has 2 saturated heterocycles. The van der Waals surface area contributed by atoms with Crippen molar-refractivity contribution in [2.75, 3.05) is 46.3 Å². The standard InChI is InChI=1S/C40H42N4O9/c1-23-14-25-20-42-30-19-36(34(49-4)17-28(30)38(46)43(25)21-23)51-13-9-5-8-12-50-35-18-29(41)27(16-33(35)48-3)37(45)44-22-24(2)15-31(44)40-52-32-11-7-6-10-26(32)39(47)53-40/h6-7,10-11,16-20,25,31,40H,1-2,5,8-9,12-15,21-22,41H2,3-4H3/t25-,31-,40?/m0/s1. The van der Waals surface area contributed by atoms with E-state index in [2.05, 4.69) is 18.2 Å². The van der Waals surface area contributed by atoms with Crippen molar-refractivity contribution in [1.82, 2.24) is 9.80 Å². The van der Waals surface area contributed by atoms with E-state index < -0.39 is 18.3 Å². The van der Waals surface area contributed by atoms with Gasteiger partial charge >= 0.3 is 5.97 Å². The van der Waals surface area contributed by atoms with Crippen molar-refractivity contribution in [3.8, 4) is 28.7 Å². The highest BCUT2D eigenvalue weighted by Crippen LogP contribution is 2.40. The van der Waals surface area contributed by atoms with Gasteiger partial charge in [-0.15, -0.1) is 0 Å². The quantitative estimate of drug-likeness (QED) is 0.106. The minimum Gasteiger partial charge on any atom is -0.493 e. The van der Waals surface area contributed by atoms with E-state index in [4.69, 9.17) is 34.2 Å². The molecule has 0 radical (unpaired) electrons. The summed E-state index contributed by atoms with van der Waals surface area (Å²) in [6.45, 7) is 9.70. The summed E-state index contributed by atoms with van der Waals surface area (Å²) in [5.41, 5.74) is 10.0. The van der Waals surface area contributed by atoms with Gasteiger partial charge in [0.2, 0.25) is 0 Å². The predicted octanol–water partition coefficient (Wildman–Crippen LogP) is 5.75.